The van der Waals surface area contributed by atoms with Gasteiger partial charge >= 0.3 is 29.8 Å². The van der Waals surface area contributed by atoms with Crippen LogP contribution in [0, 0.1) is 5.92 Å². The Balaban J connectivity index is -0.000000420. The third-order valence-corrected chi connectivity index (χ3v) is 3.82. The minimum Gasteiger partial charge on any atom is -0.481 e. The van der Waals surface area contributed by atoms with Crippen LogP contribution in [0.25, 0.3) is 0 Å². The first-order chi connectivity index (χ1) is 16.5. The highest BCUT2D eigenvalue weighted by atomic mass is 16.4. The van der Waals surface area contributed by atoms with Crippen LogP contribution in [0.5, 0.6) is 0 Å². The molecule has 0 aromatic heterocycles. The largest absolute Gasteiger partial charge is 0.481 e. The Bertz CT molecular complexity index is 790. The fourth-order valence-electron chi connectivity index (χ4n) is 1.97. The van der Waals surface area contributed by atoms with Gasteiger partial charge in [-0.2, -0.15) is 0 Å². The van der Waals surface area contributed by atoms with Gasteiger partial charge in [0.05, 0.1) is 6.54 Å². The van der Waals surface area contributed by atoms with Crippen molar-refractivity contribution in [2.24, 2.45) is 28.9 Å². The molecule has 0 spiro atoms. The number of benzene rings is 1. The SMILES string of the molecule is CC(C)C[C@H](N)C(=O)O.NCC(=O)O.N[C@@H](CCC(=O)O)C(=O)O.N[C@@H](Cc1ccccc1)C(=O)O. The Labute approximate surface area is 208 Å². The summed E-state index contributed by atoms with van der Waals surface area (Å²) in [6, 6.07) is 6.79. The number of carboxylic acid groups (broad SMARTS) is 5. The third-order valence-electron chi connectivity index (χ3n) is 3.82. The number of rotatable bonds is 11. The summed E-state index contributed by atoms with van der Waals surface area (Å²) in [5, 5.41) is 40.7. The maximum atomic E-state index is 10.4. The van der Waals surface area contributed by atoms with Gasteiger partial charge in [-0.05, 0) is 30.7 Å². The van der Waals surface area contributed by atoms with Gasteiger partial charge in [-0.1, -0.05) is 44.2 Å². The van der Waals surface area contributed by atoms with Crippen LogP contribution < -0.4 is 22.9 Å². The summed E-state index contributed by atoms with van der Waals surface area (Å²) in [5.74, 6) is -4.68. The molecule has 0 fully saturated rings. The lowest BCUT2D eigenvalue weighted by Crippen LogP contribution is -2.32. The number of carbonyl (C=O) groups is 5. The zero-order valence-electron chi connectivity index (χ0n) is 20.3. The molecule has 36 heavy (non-hydrogen) atoms. The number of hydrogen-bond donors (Lipinski definition) is 9. The fourth-order valence-corrected chi connectivity index (χ4v) is 1.97. The second kappa shape index (κ2) is 21.9. The van der Waals surface area contributed by atoms with Gasteiger partial charge in [0.15, 0.2) is 0 Å². The van der Waals surface area contributed by atoms with Crippen molar-refractivity contribution in [2.45, 2.75) is 57.7 Å². The van der Waals surface area contributed by atoms with Crippen LogP contribution in [0.15, 0.2) is 30.3 Å². The molecule has 1 aromatic rings. The molecule has 0 bridgehead atoms. The van der Waals surface area contributed by atoms with Gasteiger partial charge in [0.1, 0.15) is 18.1 Å². The predicted octanol–water partition coefficient (Wildman–Crippen LogP) is -0.622. The topological polar surface area (TPSA) is 291 Å². The number of nitrogens with two attached hydrogens (primary N) is 4. The third kappa shape index (κ3) is 26.7. The molecule has 0 heterocycles. The van der Waals surface area contributed by atoms with Crippen LogP contribution in [-0.4, -0.2) is 80.0 Å². The maximum absolute atomic E-state index is 10.4. The summed E-state index contributed by atoms with van der Waals surface area (Å²) in [6.07, 6.45) is 0.712. The Morgan fingerprint density at radius 1 is 0.722 bits per heavy atom. The maximum Gasteiger partial charge on any atom is 0.320 e. The van der Waals surface area contributed by atoms with E-state index in [0.717, 1.165) is 5.56 Å². The van der Waals surface area contributed by atoms with Gasteiger partial charge in [0, 0.05) is 6.42 Å². The molecule has 1 aromatic carbocycles. The molecule has 0 aliphatic carbocycles. The predicted molar refractivity (Wildman–Crippen MR) is 130 cm³/mol. The van der Waals surface area contributed by atoms with Crippen molar-refractivity contribution in [3.8, 4) is 0 Å². The first kappa shape index (κ1) is 37.0. The van der Waals surface area contributed by atoms with Crippen molar-refractivity contribution in [3.05, 3.63) is 35.9 Å². The highest BCUT2D eigenvalue weighted by Crippen LogP contribution is 2.02. The fraction of sp³-hybridized carbons (Fsp3) is 0.500. The van der Waals surface area contributed by atoms with Crippen LogP contribution in [-0.2, 0) is 30.4 Å². The molecule has 206 valence electrons. The average molecular weight is 519 g/mol. The molecule has 0 amide bonds. The lowest BCUT2D eigenvalue weighted by Gasteiger charge is -2.07. The van der Waals surface area contributed by atoms with E-state index in [2.05, 4.69) is 5.73 Å². The van der Waals surface area contributed by atoms with Crippen LogP contribution in [0.4, 0.5) is 0 Å². The summed E-state index contributed by atoms with van der Waals surface area (Å²) in [4.78, 5) is 49.6. The van der Waals surface area contributed by atoms with Gasteiger partial charge in [0.25, 0.3) is 0 Å². The van der Waals surface area contributed by atoms with E-state index in [0.29, 0.717) is 18.8 Å². The van der Waals surface area contributed by atoms with Crippen molar-refractivity contribution in [1.82, 2.24) is 0 Å². The molecule has 3 atom stereocenters. The monoisotopic (exact) mass is 518 g/mol. The van der Waals surface area contributed by atoms with E-state index in [4.69, 9.17) is 42.7 Å². The van der Waals surface area contributed by atoms with Crippen molar-refractivity contribution in [1.29, 1.82) is 0 Å². The molecule has 0 saturated carbocycles. The van der Waals surface area contributed by atoms with Crippen LogP contribution in [0.1, 0.15) is 38.7 Å². The van der Waals surface area contributed by atoms with E-state index < -0.39 is 48.0 Å². The van der Waals surface area contributed by atoms with Crippen molar-refractivity contribution >= 4 is 29.8 Å². The first-order valence-corrected chi connectivity index (χ1v) is 10.7. The van der Waals surface area contributed by atoms with E-state index in [-0.39, 0.29) is 19.4 Å². The Kier molecular flexibility index (Phi) is 22.5. The summed E-state index contributed by atoms with van der Waals surface area (Å²) in [6.45, 7) is 3.62. The summed E-state index contributed by atoms with van der Waals surface area (Å²) < 4.78 is 0. The molecule has 0 radical (unpaired) electrons. The molecule has 14 heteroatoms. The van der Waals surface area contributed by atoms with Crippen molar-refractivity contribution < 1.29 is 49.5 Å². The lowest BCUT2D eigenvalue weighted by molar-refractivity contribution is -0.141. The van der Waals surface area contributed by atoms with E-state index in [1.807, 2.05) is 44.2 Å². The van der Waals surface area contributed by atoms with E-state index in [1.165, 1.54) is 0 Å². The van der Waals surface area contributed by atoms with Crippen LogP contribution in [0.2, 0.25) is 0 Å². The van der Waals surface area contributed by atoms with Gasteiger partial charge in [-0.25, -0.2) is 0 Å². The van der Waals surface area contributed by atoms with E-state index in [1.54, 1.807) is 0 Å². The molecule has 1 rings (SSSR count). The number of carboxylic acids is 5. The Morgan fingerprint density at radius 2 is 1.14 bits per heavy atom. The molecule has 0 aliphatic heterocycles. The normalized spacial score (nSPS) is 12.1. The average Bonchev–Trinajstić information content (AvgIpc) is 2.78. The van der Waals surface area contributed by atoms with Gasteiger partial charge < -0.3 is 48.5 Å². The van der Waals surface area contributed by atoms with Gasteiger partial charge in [-0.15, -0.1) is 0 Å². The molecule has 0 saturated heterocycles. The van der Waals surface area contributed by atoms with E-state index in [9.17, 15) is 24.0 Å². The summed E-state index contributed by atoms with van der Waals surface area (Å²) >= 11 is 0. The molecule has 14 nitrogen and oxygen atoms in total. The quantitative estimate of drug-likeness (QED) is 0.176. The molecule has 0 aliphatic rings. The highest BCUT2D eigenvalue weighted by molar-refractivity contribution is 5.75. The lowest BCUT2D eigenvalue weighted by atomic mass is 10.1. The standard InChI is InChI=1S/C9H11NO2.C6H13NO2.C5H9NO4.C2H5NO2/c10-8(9(11)12)6-7-4-2-1-3-5-7;1-4(2)3-5(7)6(8)9;6-3(5(9)10)1-2-4(7)8;3-1-2(4)5/h1-5,8H,6,10H2,(H,11,12);4-5H,3,7H2,1-2H3,(H,8,9);3H,1-2,6H2,(H,7,8)(H,9,10);1,3H2,(H,4,5)/t8-;5-;3-;/m000./s1. The molecule has 0 unspecified atom stereocenters. The van der Waals surface area contributed by atoms with Crippen LogP contribution in [0.3, 0.4) is 0 Å². The zero-order chi connectivity index (χ0) is 28.8. The Morgan fingerprint density at radius 3 is 1.42 bits per heavy atom. The summed E-state index contributed by atoms with van der Waals surface area (Å²) in [5.41, 5.74) is 21.1. The highest BCUT2D eigenvalue weighted by Gasteiger charge is 2.13. The second-order valence-corrected chi connectivity index (χ2v) is 7.68. The molecular formula is C22H38N4O10. The van der Waals surface area contributed by atoms with Gasteiger partial charge in [0.2, 0.25) is 0 Å². The number of aliphatic carboxylic acids is 5. The van der Waals surface area contributed by atoms with Crippen LogP contribution >= 0.6 is 0 Å². The summed E-state index contributed by atoms with van der Waals surface area (Å²) in [7, 11) is 0. The zero-order valence-corrected chi connectivity index (χ0v) is 20.3. The Hall–Kier alpha value is -3.59. The number of hydrogen-bond acceptors (Lipinski definition) is 9. The minimum atomic E-state index is -1.17. The second-order valence-electron chi connectivity index (χ2n) is 7.68. The van der Waals surface area contributed by atoms with Crippen molar-refractivity contribution in [2.75, 3.05) is 6.54 Å². The first-order valence-electron chi connectivity index (χ1n) is 10.7. The molecule has 13 N–H and O–H groups in total. The molecular weight excluding hydrogens is 480 g/mol. The van der Waals surface area contributed by atoms with Gasteiger partial charge in [-0.3, -0.25) is 24.0 Å². The van der Waals surface area contributed by atoms with Crippen molar-refractivity contribution in [3.63, 3.8) is 0 Å². The smallest absolute Gasteiger partial charge is 0.320 e. The van der Waals surface area contributed by atoms with E-state index >= 15 is 0 Å². The minimum absolute atomic E-state index is 0.0231.